The zero-order valence-electron chi connectivity index (χ0n) is 17.8. The highest BCUT2D eigenvalue weighted by molar-refractivity contribution is 8.00. The van der Waals surface area contributed by atoms with Gasteiger partial charge < -0.3 is 15.7 Å². The van der Waals surface area contributed by atoms with E-state index < -0.39 is 11.2 Å². The smallest absolute Gasteiger partial charge is 0.335 e. The number of hydrogen-bond acceptors (Lipinski definition) is 5. The maximum absolute atomic E-state index is 13.3. The number of carboxylic acid groups (broad SMARTS) is 1. The monoisotopic (exact) mass is 488 g/mol. The highest BCUT2D eigenvalue weighted by atomic mass is 32.2. The third kappa shape index (κ3) is 5.92. The van der Waals surface area contributed by atoms with Gasteiger partial charge in [-0.3, -0.25) is 9.59 Å². The lowest BCUT2D eigenvalue weighted by atomic mass is 10.1. The Balaban J connectivity index is 1.55. The normalized spacial score (nSPS) is 11.4. The van der Waals surface area contributed by atoms with Crippen LogP contribution in [-0.2, 0) is 4.79 Å². The Kier molecular flexibility index (Phi) is 7.41. The molecule has 1 unspecified atom stereocenters. The van der Waals surface area contributed by atoms with Crippen molar-refractivity contribution in [1.29, 1.82) is 0 Å². The standard InChI is InChI=1S/C26H20N2O4S2/c29-24(22-13-6-14-33-22)27-20-11-5-12-21(16-20)34-23(17-7-2-1-3-8-17)25(30)28-19-10-4-9-18(15-19)26(31)32/h1-16,23H,(H,27,29)(H,28,30)(H,31,32). The van der Waals surface area contributed by atoms with Crippen LogP contribution in [-0.4, -0.2) is 22.9 Å². The quantitative estimate of drug-likeness (QED) is 0.258. The number of aromatic carboxylic acids is 1. The summed E-state index contributed by atoms with van der Waals surface area (Å²) in [6, 6.07) is 26.4. The van der Waals surface area contributed by atoms with Crippen LogP contribution in [0.3, 0.4) is 0 Å². The van der Waals surface area contributed by atoms with E-state index in [0.29, 0.717) is 16.3 Å². The average molecular weight is 489 g/mol. The molecule has 170 valence electrons. The average Bonchev–Trinajstić information content (AvgIpc) is 3.39. The van der Waals surface area contributed by atoms with Crippen molar-refractivity contribution in [3.63, 3.8) is 0 Å². The lowest BCUT2D eigenvalue weighted by molar-refractivity contribution is -0.115. The molecule has 3 aromatic carbocycles. The van der Waals surface area contributed by atoms with Crippen LogP contribution in [0.1, 0.15) is 30.8 Å². The van der Waals surface area contributed by atoms with Gasteiger partial charge in [-0.2, -0.15) is 0 Å². The number of carbonyl (C=O) groups is 3. The number of rotatable bonds is 8. The van der Waals surface area contributed by atoms with E-state index in [2.05, 4.69) is 10.6 Å². The van der Waals surface area contributed by atoms with Crippen molar-refractivity contribution < 1.29 is 19.5 Å². The van der Waals surface area contributed by atoms with E-state index in [4.69, 9.17) is 0 Å². The minimum atomic E-state index is -1.06. The molecule has 0 spiro atoms. The summed E-state index contributed by atoms with van der Waals surface area (Å²) in [5.41, 5.74) is 1.93. The van der Waals surface area contributed by atoms with Crippen LogP contribution >= 0.6 is 23.1 Å². The van der Waals surface area contributed by atoms with Crippen LogP contribution < -0.4 is 10.6 Å². The largest absolute Gasteiger partial charge is 0.478 e. The maximum Gasteiger partial charge on any atom is 0.335 e. The third-order valence-electron chi connectivity index (χ3n) is 4.81. The lowest BCUT2D eigenvalue weighted by Crippen LogP contribution is -2.19. The number of anilines is 2. The van der Waals surface area contributed by atoms with Gasteiger partial charge in [0, 0.05) is 16.3 Å². The van der Waals surface area contributed by atoms with Crippen molar-refractivity contribution in [1.82, 2.24) is 0 Å². The van der Waals surface area contributed by atoms with Gasteiger partial charge in [-0.25, -0.2) is 4.79 Å². The Morgan fingerprint density at radius 2 is 1.53 bits per heavy atom. The fourth-order valence-electron chi connectivity index (χ4n) is 3.22. The molecule has 6 nitrogen and oxygen atoms in total. The molecule has 0 saturated carbocycles. The van der Waals surface area contributed by atoms with Gasteiger partial charge in [0.05, 0.1) is 10.4 Å². The molecule has 0 saturated heterocycles. The van der Waals surface area contributed by atoms with Gasteiger partial charge in [0.1, 0.15) is 5.25 Å². The molecular weight excluding hydrogens is 468 g/mol. The Labute approximate surface area is 204 Å². The summed E-state index contributed by atoms with van der Waals surface area (Å²) >= 11 is 2.70. The van der Waals surface area contributed by atoms with Gasteiger partial charge in [0.2, 0.25) is 5.91 Å². The number of benzene rings is 3. The van der Waals surface area contributed by atoms with Gasteiger partial charge >= 0.3 is 5.97 Å². The van der Waals surface area contributed by atoms with E-state index in [1.165, 1.54) is 35.2 Å². The van der Waals surface area contributed by atoms with Crippen LogP contribution in [0.15, 0.2) is 101 Å². The molecule has 3 N–H and O–H groups in total. The number of carbonyl (C=O) groups excluding carboxylic acids is 2. The van der Waals surface area contributed by atoms with E-state index in [9.17, 15) is 19.5 Å². The summed E-state index contributed by atoms with van der Waals surface area (Å²) in [4.78, 5) is 38.4. The second-order valence-electron chi connectivity index (χ2n) is 7.24. The van der Waals surface area contributed by atoms with Crippen molar-refractivity contribution in [3.05, 3.63) is 112 Å². The molecule has 1 aromatic heterocycles. The van der Waals surface area contributed by atoms with Crippen LogP contribution in [0, 0.1) is 0 Å². The third-order valence-corrected chi connectivity index (χ3v) is 6.92. The summed E-state index contributed by atoms with van der Waals surface area (Å²) in [7, 11) is 0. The SMILES string of the molecule is O=C(O)c1cccc(NC(=O)C(Sc2cccc(NC(=O)c3cccs3)c2)c2ccccc2)c1. The van der Waals surface area contributed by atoms with Crippen molar-refractivity contribution in [2.45, 2.75) is 10.1 Å². The van der Waals surface area contributed by atoms with Crippen LogP contribution in [0.25, 0.3) is 0 Å². The van der Waals surface area contributed by atoms with Crippen LogP contribution in [0.5, 0.6) is 0 Å². The fraction of sp³-hybridized carbons (Fsp3) is 0.0385. The highest BCUT2D eigenvalue weighted by Gasteiger charge is 2.23. The maximum atomic E-state index is 13.3. The first kappa shape index (κ1) is 23.3. The molecule has 1 heterocycles. The van der Waals surface area contributed by atoms with Crippen molar-refractivity contribution in [2.24, 2.45) is 0 Å². The summed E-state index contributed by atoms with van der Waals surface area (Å²) in [6.07, 6.45) is 0. The highest BCUT2D eigenvalue weighted by Crippen LogP contribution is 2.37. The summed E-state index contributed by atoms with van der Waals surface area (Å²) in [5.74, 6) is -1.54. The molecule has 0 bridgehead atoms. The second-order valence-corrected chi connectivity index (χ2v) is 9.37. The van der Waals surface area contributed by atoms with Crippen molar-refractivity contribution >= 4 is 52.3 Å². The molecule has 4 aromatic rings. The molecule has 0 aliphatic carbocycles. The molecule has 2 amide bonds. The molecule has 8 heteroatoms. The van der Waals surface area contributed by atoms with E-state index in [-0.39, 0.29) is 17.4 Å². The molecule has 34 heavy (non-hydrogen) atoms. The number of thiophene rings is 1. The van der Waals surface area contributed by atoms with Gasteiger partial charge in [0.15, 0.2) is 0 Å². The molecular formula is C26H20N2O4S2. The Morgan fingerprint density at radius 1 is 0.794 bits per heavy atom. The summed E-state index contributed by atoms with van der Waals surface area (Å²) in [6.45, 7) is 0. The Hall–Kier alpha value is -3.88. The Bertz CT molecular complexity index is 1310. The number of hydrogen-bond donors (Lipinski definition) is 3. The number of carboxylic acids is 1. The van der Waals surface area contributed by atoms with E-state index in [1.807, 2.05) is 60.0 Å². The molecule has 1 atom stereocenters. The van der Waals surface area contributed by atoms with Crippen molar-refractivity contribution in [3.8, 4) is 0 Å². The first-order chi connectivity index (χ1) is 16.5. The molecule has 0 aliphatic rings. The number of nitrogens with one attached hydrogen (secondary N) is 2. The predicted octanol–water partition coefficient (Wildman–Crippen LogP) is 6.17. The second kappa shape index (κ2) is 10.8. The van der Waals surface area contributed by atoms with Gasteiger partial charge in [-0.15, -0.1) is 23.1 Å². The van der Waals surface area contributed by atoms with E-state index in [1.54, 1.807) is 24.3 Å². The molecule has 4 rings (SSSR count). The zero-order chi connectivity index (χ0) is 23.9. The van der Waals surface area contributed by atoms with Gasteiger partial charge in [0.25, 0.3) is 5.91 Å². The molecule has 0 radical (unpaired) electrons. The first-order valence-electron chi connectivity index (χ1n) is 10.3. The first-order valence-corrected chi connectivity index (χ1v) is 12.1. The Morgan fingerprint density at radius 3 is 2.24 bits per heavy atom. The molecule has 0 fully saturated rings. The minimum Gasteiger partial charge on any atom is -0.478 e. The number of thioether (sulfide) groups is 1. The number of amides is 2. The fourth-order valence-corrected chi connectivity index (χ4v) is 4.92. The summed E-state index contributed by atoms with van der Waals surface area (Å²) in [5, 5.41) is 16.2. The zero-order valence-corrected chi connectivity index (χ0v) is 19.4. The van der Waals surface area contributed by atoms with Crippen LogP contribution in [0.2, 0.25) is 0 Å². The van der Waals surface area contributed by atoms with Gasteiger partial charge in [-0.05, 0) is 53.4 Å². The summed E-state index contributed by atoms with van der Waals surface area (Å²) < 4.78 is 0. The van der Waals surface area contributed by atoms with E-state index in [0.717, 1.165) is 10.5 Å². The van der Waals surface area contributed by atoms with Crippen LogP contribution in [0.4, 0.5) is 11.4 Å². The minimum absolute atomic E-state index is 0.0934. The van der Waals surface area contributed by atoms with Crippen molar-refractivity contribution in [2.75, 3.05) is 10.6 Å². The van der Waals surface area contributed by atoms with E-state index >= 15 is 0 Å². The molecule has 0 aliphatic heterocycles. The van der Waals surface area contributed by atoms with Gasteiger partial charge in [-0.1, -0.05) is 48.5 Å². The lowest BCUT2D eigenvalue weighted by Gasteiger charge is -2.18. The predicted molar refractivity (Wildman–Crippen MR) is 136 cm³/mol. The topological polar surface area (TPSA) is 95.5 Å².